The predicted molar refractivity (Wildman–Crippen MR) is 77.2 cm³/mol. The van der Waals surface area contributed by atoms with Crippen molar-refractivity contribution in [2.45, 2.75) is 13.8 Å². The van der Waals surface area contributed by atoms with Crippen molar-refractivity contribution in [3.8, 4) is 0 Å². The molecular weight excluding hydrogens is 226 g/mol. The Labute approximate surface area is 110 Å². The Balaban J connectivity index is 2.60. The number of hydrogen-bond donors (Lipinski definition) is 1. The summed E-state index contributed by atoms with van der Waals surface area (Å²) in [6.07, 6.45) is 1.78. The second kappa shape index (κ2) is 6.00. The van der Waals surface area contributed by atoms with E-state index in [-0.39, 0.29) is 5.41 Å². The quantitative estimate of drug-likeness (QED) is 0.831. The second-order valence-electron chi connectivity index (χ2n) is 5.89. The normalized spacial score (nSPS) is 11.7. The Morgan fingerprint density at radius 3 is 2.44 bits per heavy atom. The molecule has 1 aromatic rings. The van der Waals surface area contributed by atoms with Crippen molar-refractivity contribution in [1.29, 1.82) is 0 Å². The molecule has 0 fully saturated rings. The van der Waals surface area contributed by atoms with Crippen LogP contribution >= 0.6 is 0 Å². The first kappa shape index (κ1) is 14.7. The summed E-state index contributed by atoms with van der Waals surface area (Å²) in [4.78, 5) is 12.8. The Bertz CT molecular complexity index is 373. The van der Waals surface area contributed by atoms with Gasteiger partial charge in [-0.25, -0.2) is 4.98 Å². The monoisotopic (exact) mass is 251 g/mol. The minimum absolute atomic E-state index is 0.182. The van der Waals surface area contributed by atoms with E-state index >= 15 is 0 Å². The molecule has 0 spiro atoms. The standard InChI is InChI=1S/C13H25N5/c1-13(2,10-17(3)4)9-15-12-14-8-7-11(16-12)18(5)6/h7-8H,9-10H2,1-6H3,(H,14,15,16). The van der Waals surface area contributed by atoms with E-state index in [1.807, 2.05) is 25.1 Å². The SMILES string of the molecule is CN(C)CC(C)(C)CNc1nccc(N(C)C)n1. The maximum Gasteiger partial charge on any atom is 0.224 e. The summed E-state index contributed by atoms with van der Waals surface area (Å²) < 4.78 is 0. The summed E-state index contributed by atoms with van der Waals surface area (Å²) in [6, 6.07) is 1.90. The lowest BCUT2D eigenvalue weighted by Crippen LogP contribution is -2.34. The summed E-state index contributed by atoms with van der Waals surface area (Å²) in [5, 5.41) is 3.31. The lowest BCUT2D eigenvalue weighted by molar-refractivity contribution is 0.254. The third kappa shape index (κ3) is 4.87. The van der Waals surface area contributed by atoms with Gasteiger partial charge in [0.1, 0.15) is 5.82 Å². The topological polar surface area (TPSA) is 44.3 Å². The molecule has 0 radical (unpaired) electrons. The smallest absolute Gasteiger partial charge is 0.224 e. The van der Waals surface area contributed by atoms with Crippen LogP contribution in [0.4, 0.5) is 11.8 Å². The highest BCUT2D eigenvalue weighted by molar-refractivity contribution is 5.40. The van der Waals surface area contributed by atoms with E-state index in [1.165, 1.54) is 0 Å². The number of anilines is 2. The van der Waals surface area contributed by atoms with Gasteiger partial charge in [0.05, 0.1) is 0 Å². The van der Waals surface area contributed by atoms with Gasteiger partial charge < -0.3 is 15.1 Å². The molecule has 1 N–H and O–H groups in total. The van der Waals surface area contributed by atoms with Crippen LogP contribution in [0.25, 0.3) is 0 Å². The zero-order valence-corrected chi connectivity index (χ0v) is 12.4. The molecule has 0 amide bonds. The van der Waals surface area contributed by atoms with E-state index in [0.717, 1.165) is 18.9 Å². The molecule has 1 aromatic heterocycles. The lowest BCUT2D eigenvalue weighted by atomic mass is 9.93. The van der Waals surface area contributed by atoms with Crippen molar-refractivity contribution >= 4 is 11.8 Å². The number of hydrogen-bond acceptors (Lipinski definition) is 5. The van der Waals surface area contributed by atoms with Crippen LogP contribution in [0, 0.1) is 5.41 Å². The molecule has 0 saturated heterocycles. The van der Waals surface area contributed by atoms with Crippen molar-refractivity contribution in [3.63, 3.8) is 0 Å². The molecule has 0 aliphatic carbocycles. The van der Waals surface area contributed by atoms with Crippen LogP contribution < -0.4 is 10.2 Å². The molecule has 1 rings (SSSR count). The summed E-state index contributed by atoms with van der Waals surface area (Å²) in [5.41, 5.74) is 0.182. The van der Waals surface area contributed by atoms with Gasteiger partial charge in [-0.3, -0.25) is 0 Å². The van der Waals surface area contributed by atoms with Crippen molar-refractivity contribution in [1.82, 2.24) is 14.9 Å². The van der Waals surface area contributed by atoms with E-state index in [9.17, 15) is 0 Å². The van der Waals surface area contributed by atoms with E-state index in [1.54, 1.807) is 6.20 Å². The summed E-state index contributed by atoms with van der Waals surface area (Å²) >= 11 is 0. The first-order chi connectivity index (χ1) is 8.30. The molecule has 5 nitrogen and oxygen atoms in total. The van der Waals surface area contributed by atoms with Crippen LogP contribution in [0.3, 0.4) is 0 Å². The van der Waals surface area contributed by atoms with Gasteiger partial charge in [0, 0.05) is 33.4 Å². The highest BCUT2D eigenvalue weighted by Gasteiger charge is 2.19. The largest absolute Gasteiger partial charge is 0.363 e. The van der Waals surface area contributed by atoms with Gasteiger partial charge >= 0.3 is 0 Å². The summed E-state index contributed by atoms with van der Waals surface area (Å²) in [7, 11) is 8.13. The molecule has 0 aromatic carbocycles. The van der Waals surface area contributed by atoms with Crippen LogP contribution in [-0.2, 0) is 0 Å². The number of nitrogens with one attached hydrogen (secondary N) is 1. The van der Waals surface area contributed by atoms with Gasteiger partial charge in [-0.05, 0) is 25.6 Å². The Morgan fingerprint density at radius 2 is 1.89 bits per heavy atom. The number of nitrogens with zero attached hydrogens (tertiary/aromatic N) is 4. The average Bonchev–Trinajstić information content (AvgIpc) is 2.25. The van der Waals surface area contributed by atoms with Gasteiger partial charge in [-0.15, -0.1) is 0 Å². The first-order valence-corrected chi connectivity index (χ1v) is 6.19. The van der Waals surface area contributed by atoms with Crippen LogP contribution in [0.2, 0.25) is 0 Å². The van der Waals surface area contributed by atoms with E-state index < -0.39 is 0 Å². The number of rotatable bonds is 6. The van der Waals surface area contributed by atoms with Crippen LogP contribution in [-0.4, -0.2) is 56.1 Å². The van der Waals surface area contributed by atoms with Crippen molar-refractivity contribution in [2.24, 2.45) is 5.41 Å². The Morgan fingerprint density at radius 1 is 1.22 bits per heavy atom. The maximum absolute atomic E-state index is 4.44. The van der Waals surface area contributed by atoms with Gasteiger partial charge in [-0.1, -0.05) is 13.8 Å². The molecule has 0 bridgehead atoms. The minimum atomic E-state index is 0.182. The van der Waals surface area contributed by atoms with Gasteiger partial charge in [0.15, 0.2) is 0 Å². The molecule has 0 aliphatic rings. The zero-order chi connectivity index (χ0) is 13.8. The van der Waals surface area contributed by atoms with Crippen molar-refractivity contribution in [2.75, 3.05) is 51.5 Å². The van der Waals surface area contributed by atoms with E-state index in [4.69, 9.17) is 0 Å². The van der Waals surface area contributed by atoms with Gasteiger partial charge in [0.2, 0.25) is 5.95 Å². The van der Waals surface area contributed by atoms with Crippen LogP contribution in [0.15, 0.2) is 12.3 Å². The van der Waals surface area contributed by atoms with Crippen LogP contribution in [0.1, 0.15) is 13.8 Å². The highest BCUT2D eigenvalue weighted by Crippen LogP contribution is 2.17. The van der Waals surface area contributed by atoms with Gasteiger partial charge in [-0.2, -0.15) is 4.98 Å². The highest BCUT2D eigenvalue weighted by atomic mass is 15.2. The van der Waals surface area contributed by atoms with E-state index in [0.29, 0.717) is 5.95 Å². The molecule has 0 atom stereocenters. The number of aromatic nitrogens is 2. The zero-order valence-electron chi connectivity index (χ0n) is 12.4. The lowest BCUT2D eigenvalue weighted by Gasteiger charge is -2.28. The molecule has 1 heterocycles. The maximum atomic E-state index is 4.44. The Hall–Kier alpha value is -1.36. The van der Waals surface area contributed by atoms with E-state index in [2.05, 4.69) is 48.1 Å². The second-order valence-corrected chi connectivity index (χ2v) is 5.89. The molecule has 0 saturated carbocycles. The predicted octanol–water partition coefficient (Wildman–Crippen LogP) is 1.54. The van der Waals surface area contributed by atoms with Gasteiger partial charge in [0.25, 0.3) is 0 Å². The third-order valence-corrected chi connectivity index (χ3v) is 2.57. The fourth-order valence-electron chi connectivity index (χ4n) is 1.91. The molecule has 0 unspecified atom stereocenters. The van der Waals surface area contributed by atoms with Crippen molar-refractivity contribution < 1.29 is 0 Å². The molecule has 18 heavy (non-hydrogen) atoms. The van der Waals surface area contributed by atoms with Crippen LogP contribution in [0.5, 0.6) is 0 Å². The fourth-order valence-corrected chi connectivity index (χ4v) is 1.91. The summed E-state index contributed by atoms with van der Waals surface area (Å²) in [6.45, 7) is 6.33. The molecule has 5 heteroatoms. The minimum Gasteiger partial charge on any atom is -0.363 e. The summed E-state index contributed by atoms with van der Waals surface area (Å²) in [5.74, 6) is 1.60. The van der Waals surface area contributed by atoms with Crippen molar-refractivity contribution in [3.05, 3.63) is 12.3 Å². The first-order valence-electron chi connectivity index (χ1n) is 6.19. The molecular formula is C13H25N5. The molecule has 0 aliphatic heterocycles. The molecule has 102 valence electrons. The fraction of sp³-hybridized carbons (Fsp3) is 0.692. The average molecular weight is 251 g/mol. The Kier molecular flexibility index (Phi) is 4.90. The third-order valence-electron chi connectivity index (χ3n) is 2.57.